The van der Waals surface area contributed by atoms with Crippen LogP contribution >= 0.6 is 23.2 Å². The topological polar surface area (TPSA) is 84.5 Å². The molecule has 8 heteroatoms. The number of anilines is 1. The van der Waals surface area contributed by atoms with Crippen LogP contribution in [0.3, 0.4) is 0 Å². The van der Waals surface area contributed by atoms with Crippen LogP contribution in [-0.4, -0.2) is 24.7 Å². The zero-order valence-corrected chi connectivity index (χ0v) is 22.9. The lowest BCUT2D eigenvalue weighted by molar-refractivity contribution is -0.113. The first-order valence-corrected chi connectivity index (χ1v) is 12.9. The van der Waals surface area contributed by atoms with Crippen LogP contribution < -0.4 is 15.4 Å². The number of hydrogen-bond donors (Lipinski definition) is 2. The van der Waals surface area contributed by atoms with E-state index in [1.165, 1.54) is 12.2 Å². The molecule has 0 atom stereocenters. The molecule has 0 spiro atoms. The van der Waals surface area contributed by atoms with Crippen molar-refractivity contribution in [2.24, 2.45) is 0 Å². The number of carbonyl (C=O) groups is 3. The summed E-state index contributed by atoms with van der Waals surface area (Å²) in [4.78, 5) is 38.7. The summed E-state index contributed by atoms with van der Waals surface area (Å²) in [6.45, 7) is 0. The van der Waals surface area contributed by atoms with E-state index >= 15 is 0 Å². The van der Waals surface area contributed by atoms with Crippen molar-refractivity contribution in [3.63, 3.8) is 0 Å². The van der Waals surface area contributed by atoms with E-state index in [4.69, 9.17) is 27.9 Å². The van der Waals surface area contributed by atoms with Crippen LogP contribution in [-0.2, 0) is 4.79 Å². The molecule has 0 fully saturated rings. The number of rotatable bonds is 9. The maximum absolute atomic E-state index is 13.2. The minimum Gasteiger partial charge on any atom is -0.497 e. The van der Waals surface area contributed by atoms with Crippen LogP contribution in [0.25, 0.3) is 12.2 Å². The number of hydrogen-bond acceptors (Lipinski definition) is 4. The molecule has 0 saturated carbocycles. The molecule has 0 saturated heterocycles. The van der Waals surface area contributed by atoms with E-state index in [0.29, 0.717) is 38.2 Å². The fourth-order valence-corrected chi connectivity index (χ4v) is 4.11. The van der Waals surface area contributed by atoms with E-state index in [2.05, 4.69) is 10.6 Å². The van der Waals surface area contributed by atoms with Crippen molar-refractivity contribution in [2.45, 2.75) is 0 Å². The molecule has 2 N–H and O–H groups in total. The zero-order chi connectivity index (χ0) is 28.5. The van der Waals surface area contributed by atoms with Gasteiger partial charge in [0.25, 0.3) is 11.8 Å². The Labute approximate surface area is 241 Å². The number of ether oxygens (including phenoxy) is 1. The van der Waals surface area contributed by atoms with Crippen molar-refractivity contribution in [2.75, 3.05) is 12.4 Å². The number of allylic oxidation sites excluding steroid dienone is 1. The fraction of sp³-hybridized carbons (Fsp3) is 0.0312. The van der Waals surface area contributed by atoms with Gasteiger partial charge in [-0.1, -0.05) is 65.7 Å². The molecule has 0 radical (unpaired) electrons. The van der Waals surface area contributed by atoms with Crippen LogP contribution in [0.1, 0.15) is 31.8 Å². The molecular formula is C32H24Cl2N2O4. The van der Waals surface area contributed by atoms with E-state index < -0.39 is 11.8 Å². The third-order valence-electron chi connectivity index (χ3n) is 5.74. The van der Waals surface area contributed by atoms with E-state index in [-0.39, 0.29) is 11.5 Å². The Morgan fingerprint density at radius 3 is 2.25 bits per heavy atom. The summed E-state index contributed by atoms with van der Waals surface area (Å²) < 4.78 is 5.20. The highest BCUT2D eigenvalue weighted by Crippen LogP contribution is 2.23. The van der Waals surface area contributed by atoms with Crippen LogP contribution in [0.4, 0.5) is 5.69 Å². The summed E-state index contributed by atoms with van der Waals surface area (Å²) in [6, 6.07) is 27.1. The standard InChI is InChI=1S/C32H24Cl2N2O4/c1-40-27-9-5-6-21(18-27)10-17-30(37)22-12-15-26(16-13-22)35-32(39)29(19-24-11-14-25(33)20-28(24)34)36-31(38)23-7-3-2-4-8-23/h2-20H,1H3,(H,35,39)(H,36,38)/b17-10+,29-19-. The minimum atomic E-state index is -0.577. The Kier molecular flexibility index (Phi) is 9.52. The smallest absolute Gasteiger partial charge is 0.272 e. The number of halogens is 2. The van der Waals surface area contributed by atoms with Gasteiger partial charge >= 0.3 is 0 Å². The third kappa shape index (κ3) is 7.69. The largest absolute Gasteiger partial charge is 0.497 e. The molecular weight excluding hydrogens is 547 g/mol. The molecule has 6 nitrogen and oxygen atoms in total. The highest BCUT2D eigenvalue weighted by Gasteiger charge is 2.16. The molecule has 4 aromatic rings. The summed E-state index contributed by atoms with van der Waals surface area (Å²) in [7, 11) is 1.58. The first kappa shape index (κ1) is 28.4. The molecule has 0 unspecified atom stereocenters. The van der Waals surface area contributed by atoms with Gasteiger partial charge in [0, 0.05) is 26.9 Å². The first-order valence-electron chi connectivity index (χ1n) is 12.1. The second-order valence-electron chi connectivity index (χ2n) is 8.55. The predicted octanol–water partition coefficient (Wildman–Crippen LogP) is 7.31. The van der Waals surface area contributed by atoms with Gasteiger partial charge in [0.2, 0.25) is 0 Å². The lowest BCUT2D eigenvalue weighted by Crippen LogP contribution is -2.30. The summed E-state index contributed by atoms with van der Waals surface area (Å²) in [5, 5.41) is 6.17. The molecule has 4 aromatic carbocycles. The maximum Gasteiger partial charge on any atom is 0.272 e. The third-order valence-corrected chi connectivity index (χ3v) is 6.30. The number of ketones is 1. The number of benzene rings is 4. The Morgan fingerprint density at radius 1 is 0.800 bits per heavy atom. The van der Waals surface area contributed by atoms with Gasteiger partial charge in [0.1, 0.15) is 11.4 Å². The fourth-order valence-electron chi connectivity index (χ4n) is 3.65. The molecule has 0 aliphatic carbocycles. The van der Waals surface area contributed by atoms with Crippen molar-refractivity contribution in [3.05, 3.63) is 141 Å². The van der Waals surface area contributed by atoms with Gasteiger partial charge < -0.3 is 15.4 Å². The molecule has 0 aliphatic heterocycles. The van der Waals surface area contributed by atoms with Gasteiger partial charge in [-0.25, -0.2) is 0 Å². The number of nitrogens with one attached hydrogen (secondary N) is 2. The second-order valence-corrected chi connectivity index (χ2v) is 9.39. The number of methoxy groups -OCH3 is 1. The predicted molar refractivity (Wildman–Crippen MR) is 160 cm³/mol. The number of carbonyl (C=O) groups excluding carboxylic acids is 3. The molecule has 200 valence electrons. The summed E-state index contributed by atoms with van der Waals surface area (Å²) >= 11 is 12.3. The summed E-state index contributed by atoms with van der Waals surface area (Å²) in [5.41, 5.74) is 2.55. The van der Waals surface area contributed by atoms with Crippen LogP contribution in [0.5, 0.6) is 5.75 Å². The van der Waals surface area contributed by atoms with Crippen molar-refractivity contribution in [3.8, 4) is 5.75 Å². The molecule has 2 amide bonds. The van der Waals surface area contributed by atoms with Gasteiger partial charge in [-0.3, -0.25) is 14.4 Å². The lowest BCUT2D eigenvalue weighted by Gasteiger charge is -2.12. The van der Waals surface area contributed by atoms with E-state index in [0.717, 1.165) is 5.56 Å². The zero-order valence-electron chi connectivity index (χ0n) is 21.4. The molecule has 40 heavy (non-hydrogen) atoms. The summed E-state index contributed by atoms with van der Waals surface area (Å²) in [5.74, 6) is -0.543. The second kappa shape index (κ2) is 13.4. The Balaban J connectivity index is 1.51. The van der Waals surface area contributed by atoms with Gasteiger partial charge in [0.15, 0.2) is 5.78 Å². The SMILES string of the molecule is COc1cccc(/C=C/C(=O)c2ccc(NC(=O)/C(=C/c3ccc(Cl)cc3Cl)NC(=O)c3ccccc3)cc2)c1. The van der Waals surface area contributed by atoms with Crippen molar-refractivity contribution < 1.29 is 19.1 Å². The quantitative estimate of drug-likeness (QED) is 0.163. The van der Waals surface area contributed by atoms with Crippen LogP contribution in [0, 0.1) is 0 Å². The molecule has 0 aromatic heterocycles. The molecule has 0 aliphatic rings. The van der Waals surface area contributed by atoms with Crippen molar-refractivity contribution in [1.82, 2.24) is 5.32 Å². The van der Waals surface area contributed by atoms with Crippen LogP contribution in [0.2, 0.25) is 10.0 Å². The molecule has 0 heterocycles. The Bertz CT molecular complexity index is 1600. The van der Waals surface area contributed by atoms with Gasteiger partial charge in [0.05, 0.1) is 7.11 Å². The van der Waals surface area contributed by atoms with E-state index in [1.54, 1.807) is 86.0 Å². The summed E-state index contributed by atoms with van der Waals surface area (Å²) in [6.07, 6.45) is 4.64. The minimum absolute atomic E-state index is 0.0283. The van der Waals surface area contributed by atoms with E-state index in [9.17, 15) is 14.4 Å². The monoisotopic (exact) mass is 570 g/mol. The Hall–Kier alpha value is -4.65. The van der Waals surface area contributed by atoms with Gasteiger partial charge in [-0.2, -0.15) is 0 Å². The average Bonchev–Trinajstić information content (AvgIpc) is 2.97. The maximum atomic E-state index is 13.2. The van der Waals surface area contributed by atoms with Crippen molar-refractivity contribution >= 4 is 58.6 Å². The molecule has 0 bridgehead atoms. The first-order chi connectivity index (χ1) is 19.3. The van der Waals surface area contributed by atoms with E-state index in [1.807, 2.05) is 24.3 Å². The normalized spacial score (nSPS) is 11.2. The highest BCUT2D eigenvalue weighted by molar-refractivity contribution is 6.35. The van der Waals surface area contributed by atoms with Crippen LogP contribution in [0.15, 0.2) is 109 Å². The number of amides is 2. The van der Waals surface area contributed by atoms with Crippen molar-refractivity contribution in [1.29, 1.82) is 0 Å². The lowest BCUT2D eigenvalue weighted by atomic mass is 10.1. The van der Waals surface area contributed by atoms with Gasteiger partial charge in [-0.15, -0.1) is 0 Å². The highest BCUT2D eigenvalue weighted by atomic mass is 35.5. The Morgan fingerprint density at radius 2 is 1.55 bits per heavy atom. The average molecular weight is 571 g/mol. The molecule has 4 rings (SSSR count). The van der Waals surface area contributed by atoms with Gasteiger partial charge in [-0.05, 0) is 83.9 Å².